The predicted octanol–water partition coefficient (Wildman–Crippen LogP) is -1.96. The molecule has 0 N–H and O–H groups in total. The maximum atomic E-state index is 2.76. The third-order valence-corrected chi connectivity index (χ3v) is 0. The Bertz CT molecular complexity index is 26.3. The zero-order valence-corrected chi connectivity index (χ0v) is 7.27. The minimum atomic E-state index is 1.17. The first-order valence-electron chi connectivity index (χ1n) is 0.651. The molecular weight excluding hydrogens is 249 g/mol. The predicted molar refractivity (Wildman–Crippen MR) is 25.1 cm³/mol. The van der Waals surface area contributed by atoms with E-state index in [0.29, 0.717) is 0 Å². The first-order chi connectivity index (χ1) is 1.73. The topological polar surface area (TPSA) is 0 Å². The van der Waals surface area contributed by atoms with Gasteiger partial charge in [-0.05, 0) is 0 Å². The van der Waals surface area contributed by atoms with Crippen molar-refractivity contribution in [2.45, 2.75) is 0 Å². The number of hydrogen-bond donors (Lipinski definition) is 0. The second-order valence-electron chi connectivity index (χ2n) is 0.283. The van der Waals surface area contributed by atoms with Gasteiger partial charge in [-0.1, -0.05) is 0 Å². The van der Waals surface area contributed by atoms with Crippen molar-refractivity contribution < 1.29 is 0 Å². The van der Waals surface area contributed by atoms with Crippen molar-refractivity contribution in [2.24, 2.45) is 0 Å². The molecule has 0 bridgehead atoms. The Hall–Kier alpha value is 1.43. The van der Waals surface area contributed by atoms with Gasteiger partial charge >= 0.3 is 49.8 Å². The Balaban J connectivity index is 2.80. The van der Waals surface area contributed by atoms with Gasteiger partial charge in [0.05, 0.1) is 0 Å². The quantitative estimate of drug-likeness (QED) is 0.439. The Morgan fingerprint density at radius 2 is 1.50 bits per heavy atom. The fourth-order valence-corrected chi connectivity index (χ4v) is 0. The minimum absolute atomic E-state index is 1.17. The van der Waals surface area contributed by atoms with Crippen LogP contribution >= 0.6 is 0 Å². The molecule has 0 saturated heterocycles. The van der Waals surface area contributed by atoms with E-state index in [4.69, 9.17) is 0 Å². The van der Waals surface area contributed by atoms with Crippen molar-refractivity contribution in [1.82, 2.24) is 0 Å². The summed E-state index contributed by atoms with van der Waals surface area (Å²) in [6, 6.07) is 0. The summed E-state index contributed by atoms with van der Waals surface area (Å²) in [6.07, 6.45) is 0. The molecule has 0 atom stereocenters. The van der Waals surface area contributed by atoms with E-state index < -0.39 is 0 Å². The van der Waals surface area contributed by atoms with Crippen molar-refractivity contribution in [3.63, 3.8) is 0 Å². The summed E-state index contributed by atoms with van der Waals surface area (Å²) in [6.45, 7) is 0. The summed E-state index contributed by atoms with van der Waals surface area (Å²) < 4.78 is 1.17. The van der Waals surface area contributed by atoms with Gasteiger partial charge in [-0.15, -0.1) is 0 Å². The molecular formula is CH2Se3. The van der Waals surface area contributed by atoms with E-state index in [1.807, 2.05) is 0 Å². The van der Waals surface area contributed by atoms with Gasteiger partial charge in [-0.3, -0.25) is 0 Å². The van der Waals surface area contributed by atoms with Crippen LogP contribution in [0.25, 0.3) is 0 Å². The molecule has 0 aliphatic carbocycles. The zero-order valence-electron chi connectivity index (χ0n) is 1.80. The van der Waals surface area contributed by atoms with Gasteiger partial charge in [-0.2, -0.15) is 0 Å². The molecule has 0 fully saturated rings. The van der Waals surface area contributed by atoms with Gasteiger partial charge in [0.15, 0.2) is 0 Å². The second kappa shape index (κ2) is 2.65. The average molecular weight is 251 g/mol. The van der Waals surface area contributed by atoms with Crippen LogP contribution in [0.5, 0.6) is 0 Å². The van der Waals surface area contributed by atoms with Gasteiger partial charge in [0, 0.05) is 0 Å². The summed E-state index contributed by atoms with van der Waals surface area (Å²) in [5.41, 5.74) is 0. The van der Waals surface area contributed by atoms with Crippen LogP contribution in [-0.4, -0.2) is 49.8 Å². The van der Waals surface area contributed by atoms with Crippen LogP contribution in [0, 0.1) is 0 Å². The number of hydrogen-bond acceptors (Lipinski definition) is 0. The molecule has 0 unspecified atom stereocenters. The monoisotopic (exact) mass is 254 g/mol. The molecule has 0 aliphatic heterocycles. The molecule has 0 aromatic rings. The van der Waals surface area contributed by atoms with Crippen LogP contribution in [0.4, 0.5) is 0 Å². The molecule has 0 aromatic heterocycles. The van der Waals surface area contributed by atoms with Gasteiger partial charge in [-0.25, -0.2) is 0 Å². The summed E-state index contributed by atoms with van der Waals surface area (Å²) in [5.74, 6) is 0. The van der Waals surface area contributed by atoms with Gasteiger partial charge < -0.3 is 0 Å². The second-order valence-corrected chi connectivity index (χ2v) is 7.63. The fraction of sp³-hybridized carbons (Fsp3) is 0. The van der Waals surface area contributed by atoms with Crippen LogP contribution in [0.15, 0.2) is 0 Å². The standard InChI is InChI=1S/CH2Se3/c2-1(3)4/h(H2,2,3,4). The molecule has 0 amide bonds. The van der Waals surface area contributed by atoms with E-state index in [2.05, 4.69) is 47.6 Å². The molecule has 3 heteroatoms. The van der Waals surface area contributed by atoms with E-state index in [1.54, 1.807) is 0 Å². The van der Waals surface area contributed by atoms with Crippen molar-refractivity contribution in [2.75, 3.05) is 0 Å². The Morgan fingerprint density at radius 1 is 1.50 bits per heavy atom. The summed E-state index contributed by atoms with van der Waals surface area (Å²) in [5, 5.41) is 0. The molecule has 0 heterocycles. The van der Waals surface area contributed by atoms with E-state index in [1.165, 1.54) is 2.21 Å². The van der Waals surface area contributed by atoms with Crippen LogP contribution in [0.1, 0.15) is 0 Å². The molecule has 24 valence electrons. The van der Waals surface area contributed by atoms with Crippen LogP contribution in [0.3, 0.4) is 0 Å². The van der Waals surface area contributed by atoms with E-state index in [-0.39, 0.29) is 0 Å². The van der Waals surface area contributed by atoms with Crippen molar-refractivity contribution in [1.29, 1.82) is 0 Å². The Morgan fingerprint density at radius 3 is 1.50 bits per heavy atom. The number of rotatable bonds is 0. The molecule has 0 rings (SSSR count). The van der Waals surface area contributed by atoms with Gasteiger partial charge in [0.25, 0.3) is 0 Å². The molecule has 0 radical (unpaired) electrons. The summed E-state index contributed by atoms with van der Waals surface area (Å²) >= 11 is 7.50. The average Bonchev–Trinajstić information content (AvgIpc) is 0.811. The fourth-order valence-electron chi connectivity index (χ4n) is 0. The molecule has 0 nitrogen and oxygen atoms in total. The normalized spacial score (nSPS) is 6.50. The third-order valence-electron chi connectivity index (χ3n) is 0. The zero-order chi connectivity index (χ0) is 3.58. The molecule has 0 aromatic carbocycles. The van der Waals surface area contributed by atoms with Crippen molar-refractivity contribution >= 4 is 49.8 Å². The van der Waals surface area contributed by atoms with Crippen LogP contribution in [-0.2, 0) is 0 Å². The molecule has 0 spiro atoms. The van der Waals surface area contributed by atoms with Gasteiger partial charge in [0.2, 0.25) is 0 Å². The van der Waals surface area contributed by atoms with Gasteiger partial charge in [0.1, 0.15) is 0 Å². The first kappa shape index (κ1) is 5.43. The maximum absolute atomic E-state index is 2.76. The summed E-state index contributed by atoms with van der Waals surface area (Å²) in [4.78, 5) is 0. The molecule has 0 aliphatic rings. The molecule has 0 saturated carbocycles. The van der Waals surface area contributed by atoms with E-state index in [9.17, 15) is 0 Å². The van der Waals surface area contributed by atoms with Crippen LogP contribution in [0.2, 0.25) is 0 Å². The van der Waals surface area contributed by atoms with Crippen molar-refractivity contribution in [3.8, 4) is 0 Å². The van der Waals surface area contributed by atoms with Crippen LogP contribution < -0.4 is 0 Å². The summed E-state index contributed by atoms with van der Waals surface area (Å²) in [7, 11) is 0. The first-order valence-corrected chi connectivity index (χ1v) is 3.38. The van der Waals surface area contributed by atoms with E-state index >= 15 is 0 Å². The Labute approximate surface area is 49.7 Å². The Kier molecular flexibility index (Phi) is 3.60. The molecule has 4 heavy (non-hydrogen) atoms. The third kappa shape index (κ3) is 9.91. The van der Waals surface area contributed by atoms with Crippen molar-refractivity contribution in [3.05, 3.63) is 0 Å². The van der Waals surface area contributed by atoms with E-state index in [0.717, 1.165) is 0 Å². The SMILES string of the molecule is [Se]=C([SeH])[SeH].